The fourth-order valence-electron chi connectivity index (χ4n) is 1.50. The highest BCUT2D eigenvalue weighted by Gasteiger charge is 2.14. The molecule has 0 saturated carbocycles. The van der Waals surface area contributed by atoms with Gasteiger partial charge in [0.2, 0.25) is 0 Å². The predicted molar refractivity (Wildman–Crippen MR) is 70.6 cm³/mol. The second-order valence-corrected chi connectivity index (χ2v) is 4.94. The molecule has 0 aliphatic heterocycles. The average Bonchev–Trinajstić information content (AvgIpc) is 2.87. The number of nitrogens with zero attached hydrogens (tertiary/aromatic N) is 2. The molecule has 4 N–H and O–H groups in total. The van der Waals surface area contributed by atoms with E-state index in [1.165, 1.54) is 0 Å². The standard InChI is InChI=1S/C11H15N5OS/c1-6-5-18-8(14-6)3-4-13-11(17)10-9(12)7(2)15-16-10/h5H,3-4,12H2,1-2H3,(H,13,17)(H,15,16). The number of thiazole rings is 1. The Morgan fingerprint density at radius 3 is 2.89 bits per heavy atom. The molecule has 7 heteroatoms. The van der Waals surface area contributed by atoms with Crippen LogP contribution in [-0.2, 0) is 6.42 Å². The molecule has 2 heterocycles. The maximum Gasteiger partial charge on any atom is 0.273 e. The highest BCUT2D eigenvalue weighted by molar-refractivity contribution is 7.09. The summed E-state index contributed by atoms with van der Waals surface area (Å²) in [4.78, 5) is 16.1. The van der Waals surface area contributed by atoms with Gasteiger partial charge in [-0.25, -0.2) is 4.98 Å². The van der Waals surface area contributed by atoms with Gasteiger partial charge in [0.15, 0.2) is 5.69 Å². The molecule has 96 valence electrons. The van der Waals surface area contributed by atoms with Crippen LogP contribution in [0.3, 0.4) is 0 Å². The zero-order valence-corrected chi connectivity index (χ0v) is 11.1. The fourth-order valence-corrected chi connectivity index (χ4v) is 2.27. The van der Waals surface area contributed by atoms with Gasteiger partial charge in [0.1, 0.15) is 0 Å². The minimum atomic E-state index is -0.259. The van der Waals surface area contributed by atoms with Crippen molar-refractivity contribution in [3.05, 3.63) is 27.5 Å². The second-order valence-electron chi connectivity index (χ2n) is 4.00. The molecule has 0 spiro atoms. The number of amides is 1. The number of aromatic amines is 1. The summed E-state index contributed by atoms with van der Waals surface area (Å²) in [6, 6.07) is 0. The van der Waals surface area contributed by atoms with Gasteiger partial charge in [-0.3, -0.25) is 9.89 Å². The van der Waals surface area contributed by atoms with Crippen LogP contribution in [0.4, 0.5) is 5.69 Å². The van der Waals surface area contributed by atoms with Crippen molar-refractivity contribution in [1.29, 1.82) is 0 Å². The first-order chi connectivity index (χ1) is 8.58. The summed E-state index contributed by atoms with van der Waals surface area (Å²) < 4.78 is 0. The summed E-state index contributed by atoms with van der Waals surface area (Å²) in [5, 5.41) is 12.3. The Kier molecular flexibility index (Phi) is 3.61. The van der Waals surface area contributed by atoms with Crippen molar-refractivity contribution < 1.29 is 4.79 Å². The summed E-state index contributed by atoms with van der Waals surface area (Å²) in [6.07, 6.45) is 0.716. The van der Waals surface area contributed by atoms with E-state index in [0.717, 1.165) is 10.7 Å². The lowest BCUT2D eigenvalue weighted by Crippen LogP contribution is -2.26. The summed E-state index contributed by atoms with van der Waals surface area (Å²) in [5.74, 6) is -0.259. The molecule has 2 aromatic heterocycles. The molecule has 6 nitrogen and oxygen atoms in total. The van der Waals surface area contributed by atoms with Gasteiger partial charge in [-0.2, -0.15) is 5.10 Å². The number of nitrogens with one attached hydrogen (secondary N) is 2. The Labute approximate surface area is 109 Å². The first-order valence-corrected chi connectivity index (χ1v) is 6.45. The normalized spacial score (nSPS) is 10.6. The van der Waals surface area contributed by atoms with Crippen LogP contribution in [0.15, 0.2) is 5.38 Å². The van der Waals surface area contributed by atoms with Crippen molar-refractivity contribution in [1.82, 2.24) is 20.5 Å². The summed E-state index contributed by atoms with van der Waals surface area (Å²) in [7, 11) is 0. The van der Waals surface area contributed by atoms with Crippen LogP contribution in [0.1, 0.15) is 26.9 Å². The van der Waals surface area contributed by atoms with E-state index in [0.29, 0.717) is 24.3 Å². The lowest BCUT2D eigenvalue weighted by Gasteiger charge is -2.02. The smallest absolute Gasteiger partial charge is 0.273 e. The van der Waals surface area contributed by atoms with Gasteiger partial charge < -0.3 is 11.1 Å². The third-order valence-corrected chi connectivity index (χ3v) is 3.53. The third-order valence-electron chi connectivity index (χ3n) is 2.50. The molecule has 1 amide bonds. The molecule has 2 rings (SSSR count). The molecule has 0 aliphatic rings. The first-order valence-electron chi connectivity index (χ1n) is 5.57. The number of H-pyrrole nitrogens is 1. The molecular formula is C11H15N5OS. The Morgan fingerprint density at radius 1 is 1.56 bits per heavy atom. The van der Waals surface area contributed by atoms with E-state index in [-0.39, 0.29) is 11.6 Å². The number of nitrogens with two attached hydrogens (primary N) is 1. The monoisotopic (exact) mass is 265 g/mol. The number of aromatic nitrogens is 3. The van der Waals surface area contributed by atoms with Crippen molar-refractivity contribution >= 4 is 22.9 Å². The van der Waals surface area contributed by atoms with Gasteiger partial charge in [-0.1, -0.05) is 0 Å². The average molecular weight is 265 g/mol. The molecular weight excluding hydrogens is 250 g/mol. The lowest BCUT2D eigenvalue weighted by atomic mass is 10.3. The van der Waals surface area contributed by atoms with Crippen LogP contribution in [-0.4, -0.2) is 27.6 Å². The third kappa shape index (κ3) is 2.67. The van der Waals surface area contributed by atoms with Crippen molar-refractivity contribution in [2.24, 2.45) is 0 Å². The summed E-state index contributed by atoms with van der Waals surface area (Å²) in [5.41, 5.74) is 8.09. The van der Waals surface area contributed by atoms with Crippen LogP contribution in [0, 0.1) is 13.8 Å². The van der Waals surface area contributed by atoms with Gasteiger partial charge in [0.05, 0.1) is 16.4 Å². The van der Waals surface area contributed by atoms with Crippen molar-refractivity contribution in [3.8, 4) is 0 Å². The van der Waals surface area contributed by atoms with E-state index in [2.05, 4.69) is 20.5 Å². The Bertz CT molecular complexity index is 560. The fraction of sp³-hybridized carbons (Fsp3) is 0.364. The van der Waals surface area contributed by atoms with E-state index < -0.39 is 0 Å². The summed E-state index contributed by atoms with van der Waals surface area (Å²) >= 11 is 1.60. The number of carbonyl (C=O) groups is 1. The molecule has 0 aromatic carbocycles. The van der Waals surface area contributed by atoms with Crippen LogP contribution in [0.2, 0.25) is 0 Å². The molecule has 0 fully saturated rings. The first kappa shape index (κ1) is 12.6. The number of carbonyl (C=O) groups excluding carboxylic acids is 1. The van der Waals surface area contributed by atoms with Gasteiger partial charge in [-0.05, 0) is 13.8 Å². The van der Waals surface area contributed by atoms with Gasteiger partial charge in [0, 0.05) is 24.0 Å². The molecule has 0 aliphatic carbocycles. The molecule has 18 heavy (non-hydrogen) atoms. The molecule has 0 unspecified atom stereocenters. The van der Waals surface area contributed by atoms with Crippen LogP contribution >= 0.6 is 11.3 Å². The number of hydrogen-bond donors (Lipinski definition) is 3. The largest absolute Gasteiger partial charge is 0.395 e. The van der Waals surface area contributed by atoms with E-state index >= 15 is 0 Å². The van der Waals surface area contributed by atoms with Crippen LogP contribution in [0.25, 0.3) is 0 Å². The molecule has 2 aromatic rings. The van der Waals surface area contributed by atoms with Gasteiger partial charge in [0.25, 0.3) is 5.91 Å². The SMILES string of the molecule is Cc1csc(CCNC(=O)c2n[nH]c(C)c2N)n1. The van der Waals surface area contributed by atoms with Gasteiger partial charge >= 0.3 is 0 Å². The van der Waals surface area contributed by atoms with E-state index in [1.54, 1.807) is 18.3 Å². The Balaban J connectivity index is 1.87. The Hall–Kier alpha value is -1.89. The Morgan fingerprint density at radius 2 is 2.33 bits per heavy atom. The minimum absolute atomic E-state index is 0.253. The van der Waals surface area contributed by atoms with E-state index in [9.17, 15) is 4.79 Å². The maximum absolute atomic E-state index is 11.8. The van der Waals surface area contributed by atoms with Crippen molar-refractivity contribution in [2.45, 2.75) is 20.3 Å². The second kappa shape index (κ2) is 5.18. The molecule has 0 atom stereocenters. The molecule has 0 saturated heterocycles. The highest BCUT2D eigenvalue weighted by Crippen LogP contribution is 2.12. The molecule has 0 bridgehead atoms. The number of anilines is 1. The zero-order valence-electron chi connectivity index (χ0n) is 10.3. The number of hydrogen-bond acceptors (Lipinski definition) is 5. The van der Waals surface area contributed by atoms with Crippen molar-refractivity contribution in [3.63, 3.8) is 0 Å². The lowest BCUT2D eigenvalue weighted by molar-refractivity contribution is 0.0950. The van der Waals surface area contributed by atoms with Crippen molar-refractivity contribution in [2.75, 3.05) is 12.3 Å². The topological polar surface area (TPSA) is 96.7 Å². The van der Waals surface area contributed by atoms with E-state index in [1.807, 2.05) is 12.3 Å². The quantitative estimate of drug-likeness (QED) is 0.769. The van der Waals surface area contributed by atoms with E-state index in [4.69, 9.17) is 5.73 Å². The predicted octanol–water partition coefficient (Wildman–Crippen LogP) is 1.04. The zero-order chi connectivity index (χ0) is 13.1. The van der Waals surface area contributed by atoms with Crippen LogP contribution in [0.5, 0.6) is 0 Å². The van der Waals surface area contributed by atoms with Gasteiger partial charge in [-0.15, -0.1) is 11.3 Å². The number of aryl methyl sites for hydroxylation is 2. The molecule has 0 radical (unpaired) electrons. The number of rotatable bonds is 4. The number of nitrogen functional groups attached to an aromatic ring is 1. The minimum Gasteiger partial charge on any atom is -0.395 e. The summed E-state index contributed by atoms with van der Waals surface area (Å²) in [6.45, 7) is 4.25. The highest BCUT2D eigenvalue weighted by atomic mass is 32.1. The maximum atomic E-state index is 11.8. The van der Waals surface area contributed by atoms with Crippen LogP contribution < -0.4 is 11.1 Å².